The van der Waals surface area contributed by atoms with Crippen LogP contribution in [-0.4, -0.2) is 35.0 Å². The van der Waals surface area contributed by atoms with E-state index in [2.05, 4.69) is 15.3 Å². The maximum Gasteiger partial charge on any atom is 0.340 e. The van der Waals surface area contributed by atoms with E-state index in [0.717, 1.165) is 5.69 Å². The summed E-state index contributed by atoms with van der Waals surface area (Å²) in [6.45, 7) is 4.61. The van der Waals surface area contributed by atoms with E-state index >= 15 is 0 Å². The summed E-state index contributed by atoms with van der Waals surface area (Å²) in [7, 11) is 0. The van der Waals surface area contributed by atoms with E-state index in [1.54, 1.807) is 37.4 Å². The van der Waals surface area contributed by atoms with Gasteiger partial charge in [-0.3, -0.25) is 4.79 Å². The number of amides is 1. The van der Waals surface area contributed by atoms with Crippen LogP contribution in [0, 0.1) is 0 Å². The van der Waals surface area contributed by atoms with Crippen LogP contribution in [0.4, 0.5) is 17.3 Å². The molecular weight excluding hydrogens is 368 g/mol. The molecule has 1 N–H and O–H groups in total. The zero-order chi connectivity index (χ0) is 20.6. The third-order valence-electron chi connectivity index (χ3n) is 4.17. The normalized spacial score (nSPS) is 10.3. The molecule has 0 saturated carbocycles. The fourth-order valence-corrected chi connectivity index (χ4v) is 2.82. The van der Waals surface area contributed by atoms with Crippen molar-refractivity contribution in [2.45, 2.75) is 13.8 Å². The molecule has 0 aliphatic rings. The lowest BCUT2D eigenvalue weighted by Crippen LogP contribution is -2.22. The fourth-order valence-electron chi connectivity index (χ4n) is 2.82. The zero-order valence-corrected chi connectivity index (χ0v) is 16.3. The van der Waals surface area contributed by atoms with Crippen LogP contribution >= 0.6 is 0 Å². The number of nitrogens with one attached hydrogen (secondary N) is 1. The Labute approximate surface area is 169 Å². The summed E-state index contributed by atoms with van der Waals surface area (Å²) in [4.78, 5) is 35.5. The molecule has 0 atom stereocenters. The van der Waals surface area contributed by atoms with Gasteiger partial charge in [-0.25, -0.2) is 14.8 Å². The van der Waals surface area contributed by atoms with Crippen molar-refractivity contribution in [2.75, 3.05) is 23.4 Å². The van der Waals surface area contributed by atoms with Gasteiger partial charge >= 0.3 is 5.97 Å². The van der Waals surface area contributed by atoms with E-state index in [4.69, 9.17) is 4.74 Å². The van der Waals surface area contributed by atoms with E-state index in [1.807, 2.05) is 42.2 Å². The summed E-state index contributed by atoms with van der Waals surface area (Å²) in [5.41, 5.74) is 1.78. The smallest absolute Gasteiger partial charge is 0.340 e. The van der Waals surface area contributed by atoms with Crippen LogP contribution in [0.2, 0.25) is 0 Å². The first kappa shape index (κ1) is 20.0. The lowest BCUT2D eigenvalue weighted by Gasteiger charge is -2.21. The summed E-state index contributed by atoms with van der Waals surface area (Å²) in [5.74, 6) is -0.507. The number of carbonyl (C=O) groups is 2. The highest BCUT2D eigenvalue weighted by molar-refractivity contribution is 6.07. The Morgan fingerprint density at radius 1 is 1.00 bits per heavy atom. The number of hydrogen-bond donors (Lipinski definition) is 1. The van der Waals surface area contributed by atoms with E-state index < -0.39 is 11.9 Å². The second-order valence-corrected chi connectivity index (χ2v) is 6.04. The highest BCUT2D eigenvalue weighted by Gasteiger charge is 2.17. The average Bonchev–Trinajstić information content (AvgIpc) is 2.76. The molecule has 1 heterocycles. The minimum absolute atomic E-state index is 0.197. The van der Waals surface area contributed by atoms with Crippen molar-refractivity contribution < 1.29 is 14.3 Å². The largest absolute Gasteiger partial charge is 0.462 e. The standard InChI is InChI=1S/C22H22N4O3/c1-3-26(16-10-6-5-7-11-16)22-23-15-14-19(25-22)20(27)24-18-13-9-8-12-17(18)21(28)29-4-2/h5-15H,3-4H2,1-2H3,(H,24,27). The highest BCUT2D eigenvalue weighted by atomic mass is 16.5. The summed E-state index contributed by atoms with van der Waals surface area (Å²) in [6.07, 6.45) is 1.54. The van der Waals surface area contributed by atoms with E-state index in [0.29, 0.717) is 18.2 Å². The first-order valence-electron chi connectivity index (χ1n) is 9.37. The molecule has 2 aromatic carbocycles. The zero-order valence-electron chi connectivity index (χ0n) is 16.3. The molecule has 0 fully saturated rings. The quantitative estimate of drug-likeness (QED) is 0.613. The minimum Gasteiger partial charge on any atom is -0.462 e. The van der Waals surface area contributed by atoms with E-state index in [9.17, 15) is 9.59 Å². The third-order valence-corrected chi connectivity index (χ3v) is 4.17. The van der Waals surface area contributed by atoms with Gasteiger partial charge in [0.2, 0.25) is 5.95 Å². The molecule has 0 radical (unpaired) electrons. The van der Waals surface area contributed by atoms with Crippen LogP contribution in [0.5, 0.6) is 0 Å². The number of benzene rings is 2. The number of carbonyl (C=O) groups excluding carboxylic acids is 2. The Morgan fingerprint density at radius 3 is 2.45 bits per heavy atom. The maximum atomic E-state index is 12.8. The second kappa shape index (κ2) is 9.45. The predicted octanol–water partition coefficient (Wildman–Crippen LogP) is 4.06. The van der Waals surface area contributed by atoms with Crippen molar-refractivity contribution in [3.05, 3.63) is 78.1 Å². The summed E-state index contributed by atoms with van der Waals surface area (Å²) in [5, 5.41) is 2.74. The molecule has 29 heavy (non-hydrogen) atoms. The Kier molecular flexibility index (Phi) is 6.52. The number of para-hydroxylation sites is 2. The van der Waals surface area contributed by atoms with Gasteiger partial charge in [-0.15, -0.1) is 0 Å². The van der Waals surface area contributed by atoms with Crippen molar-refractivity contribution in [3.8, 4) is 0 Å². The average molecular weight is 390 g/mol. The summed E-state index contributed by atoms with van der Waals surface area (Å²) in [6, 6.07) is 17.9. The number of rotatable bonds is 7. The van der Waals surface area contributed by atoms with Gasteiger partial charge in [0.15, 0.2) is 0 Å². The number of esters is 1. The van der Waals surface area contributed by atoms with E-state index in [1.165, 1.54) is 6.07 Å². The van der Waals surface area contributed by atoms with E-state index in [-0.39, 0.29) is 17.9 Å². The molecule has 3 rings (SSSR count). The number of hydrogen-bond acceptors (Lipinski definition) is 6. The molecule has 0 aliphatic carbocycles. The van der Waals surface area contributed by atoms with Crippen LogP contribution in [0.15, 0.2) is 66.9 Å². The molecule has 3 aromatic rings. The molecular formula is C22H22N4O3. The first-order chi connectivity index (χ1) is 14.1. The lowest BCUT2D eigenvalue weighted by molar-refractivity contribution is 0.0527. The van der Waals surface area contributed by atoms with Gasteiger partial charge in [0.1, 0.15) is 5.69 Å². The van der Waals surface area contributed by atoms with Crippen LogP contribution in [0.3, 0.4) is 0 Å². The maximum absolute atomic E-state index is 12.8. The van der Waals surface area contributed by atoms with Crippen molar-refractivity contribution in [2.24, 2.45) is 0 Å². The molecule has 0 saturated heterocycles. The topological polar surface area (TPSA) is 84.4 Å². The van der Waals surface area contributed by atoms with Gasteiger partial charge in [-0.1, -0.05) is 30.3 Å². The Bertz CT molecular complexity index is 992. The van der Waals surface area contributed by atoms with Crippen LogP contribution in [-0.2, 0) is 4.74 Å². The molecule has 0 spiro atoms. The minimum atomic E-state index is -0.493. The molecule has 7 nitrogen and oxygen atoms in total. The fraction of sp³-hybridized carbons (Fsp3) is 0.182. The number of nitrogens with zero attached hydrogens (tertiary/aromatic N) is 3. The lowest BCUT2D eigenvalue weighted by atomic mass is 10.1. The number of ether oxygens (including phenoxy) is 1. The van der Waals surface area contributed by atoms with Crippen LogP contribution in [0.1, 0.15) is 34.7 Å². The summed E-state index contributed by atoms with van der Waals surface area (Å²) < 4.78 is 5.05. The van der Waals surface area contributed by atoms with Gasteiger partial charge in [-0.2, -0.15) is 0 Å². The highest BCUT2D eigenvalue weighted by Crippen LogP contribution is 2.22. The van der Waals surface area contributed by atoms with Gasteiger partial charge < -0.3 is 15.0 Å². The molecule has 148 valence electrons. The third kappa shape index (κ3) is 4.76. The summed E-state index contributed by atoms with van der Waals surface area (Å²) >= 11 is 0. The van der Waals surface area contributed by atoms with Gasteiger partial charge in [-0.05, 0) is 44.2 Å². The predicted molar refractivity (Wildman–Crippen MR) is 112 cm³/mol. The number of aromatic nitrogens is 2. The van der Waals surface area contributed by atoms with Crippen molar-refractivity contribution in [1.82, 2.24) is 9.97 Å². The Hall–Kier alpha value is -3.74. The molecule has 0 unspecified atom stereocenters. The van der Waals surface area contributed by atoms with Crippen molar-refractivity contribution in [1.29, 1.82) is 0 Å². The molecule has 1 amide bonds. The molecule has 0 aliphatic heterocycles. The SMILES string of the molecule is CCOC(=O)c1ccccc1NC(=O)c1ccnc(N(CC)c2ccccc2)n1. The van der Waals surface area contributed by atoms with Gasteiger partial charge in [0.25, 0.3) is 5.91 Å². The van der Waals surface area contributed by atoms with Crippen molar-refractivity contribution in [3.63, 3.8) is 0 Å². The monoisotopic (exact) mass is 390 g/mol. The van der Waals surface area contributed by atoms with Gasteiger partial charge in [0.05, 0.1) is 17.9 Å². The second-order valence-electron chi connectivity index (χ2n) is 6.04. The van der Waals surface area contributed by atoms with Gasteiger partial charge in [0, 0.05) is 18.4 Å². The number of anilines is 3. The van der Waals surface area contributed by atoms with Crippen LogP contribution < -0.4 is 10.2 Å². The Balaban J connectivity index is 1.85. The Morgan fingerprint density at radius 2 is 1.72 bits per heavy atom. The first-order valence-corrected chi connectivity index (χ1v) is 9.37. The molecule has 1 aromatic heterocycles. The molecule has 0 bridgehead atoms. The molecule has 7 heteroatoms. The van der Waals surface area contributed by atoms with Crippen LogP contribution in [0.25, 0.3) is 0 Å². The van der Waals surface area contributed by atoms with Crippen molar-refractivity contribution >= 4 is 29.2 Å².